The van der Waals surface area contributed by atoms with Gasteiger partial charge in [0.15, 0.2) is 5.65 Å². The fraction of sp³-hybridized carbons (Fsp3) is 0.200. The summed E-state index contributed by atoms with van der Waals surface area (Å²) in [7, 11) is 0. The van der Waals surface area contributed by atoms with Gasteiger partial charge in [-0.1, -0.05) is 18.2 Å². The molecule has 1 saturated heterocycles. The summed E-state index contributed by atoms with van der Waals surface area (Å²) in [5.41, 5.74) is 7.54. The van der Waals surface area contributed by atoms with Crippen LogP contribution in [0, 0.1) is 11.3 Å². The number of H-pyrrole nitrogens is 1. The molecule has 1 N–H and O–H groups in total. The van der Waals surface area contributed by atoms with Gasteiger partial charge in [0.2, 0.25) is 0 Å². The first kappa shape index (κ1) is 22.5. The molecule has 5 aromatic rings. The summed E-state index contributed by atoms with van der Waals surface area (Å²) in [4.78, 5) is 13.4. The van der Waals surface area contributed by atoms with E-state index in [9.17, 15) is 5.26 Å². The first-order valence-electron chi connectivity index (χ1n) is 10.9. The molecule has 1 aliphatic rings. The molecule has 1 aromatic carbocycles. The van der Waals surface area contributed by atoms with Crippen LogP contribution >= 0.6 is 35.1 Å². The Labute approximate surface area is 211 Å². The molecule has 4 aromatic heterocycles. The number of nitrogens with one attached hydrogen (secondary N) is 1. The molecule has 0 bridgehead atoms. The third-order valence-corrected chi connectivity index (χ3v) is 7.79. The zero-order valence-corrected chi connectivity index (χ0v) is 20.6. The van der Waals surface area contributed by atoms with Gasteiger partial charge < -0.3 is 4.90 Å². The SMILES string of the molecule is Cl.N#Cc1c(-c2cncs2)nc2n[nH]c(-c3cccs3)c2c1-c1ccc(N2CCCCC2)cc1. The van der Waals surface area contributed by atoms with E-state index < -0.39 is 0 Å². The average molecular weight is 505 g/mol. The highest BCUT2D eigenvalue weighted by atomic mass is 35.5. The minimum atomic E-state index is 0. The van der Waals surface area contributed by atoms with Crippen LogP contribution in [0.5, 0.6) is 0 Å². The van der Waals surface area contributed by atoms with Crippen molar-refractivity contribution < 1.29 is 0 Å². The molecule has 1 aliphatic heterocycles. The molecule has 9 heteroatoms. The number of hydrogen-bond donors (Lipinski definition) is 1. The molecule has 0 radical (unpaired) electrons. The molecule has 170 valence electrons. The van der Waals surface area contributed by atoms with Crippen LogP contribution in [-0.4, -0.2) is 33.3 Å². The fourth-order valence-electron chi connectivity index (χ4n) is 4.55. The van der Waals surface area contributed by atoms with E-state index >= 15 is 0 Å². The van der Waals surface area contributed by atoms with Crippen molar-refractivity contribution in [2.24, 2.45) is 0 Å². The van der Waals surface area contributed by atoms with E-state index in [1.54, 1.807) is 23.0 Å². The summed E-state index contributed by atoms with van der Waals surface area (Å²) in [6.45, 7) is 2.20. The molecule has 6 rings (SSSR count). The highest BCUT2D eigenvalue weighted by molar-refractivity contribution is 7.13. The van der Waals surface area contributed by atoms with Crippen molar-refractivity contribution in [3.8, 4) is 38.3 Å². The Morgan fingerprint density at radius 3 is 2.50 bits per heavy atom. The molecular formula is C25H21ClN6S2. The van der Waals surface area contributed by atoms with Gasteiger partial charge >= 0.3 is 0 Å². The van der Waals surface area contributed by atoms with Crippen molar-refractivity contribution in [3.05, 3.63) is 59.0 Å². The number of thiophene rings is 1. The Morgan fingerprint density at radius 1 is 1.00 bits per heavy atom. The zero-order valence-electron chi connectivity index (χ0n) is 18.2. The summed E-state index contributed by atoms with van der Waals surface area (Å²) >= 11 is 3.12. The summed E-state index contributed by atoms with van der Waals surface area (Å²) in [5.74, 6) is 0. The normalized spacial score (nSPS) is 13.6. The molecule has 0 aliphatic carbocycles. The quantitative estimate of drug-likeness (QED) is 0.292. The molecule has 0 amide bonds. The summed E-state index contributed by atoms with van der Waals surface area (Å²) in [6, 6.07) is 15.1. The highest BCUT2D eigenvalue weighted by Crippen LogP contribution is 2.42. The van der Waals surface area contributed by atoms with Crippen LogP contribution in [0.25, 0.3) is 43.3 Å². The zero-order chi connectivity index (χ0) is 22.2. The van der Waals surface area contributed by atoms with E-state index in [0.717, 1.165) is 45.1 Å². The minimum absolute atomic E-state index is 0. The minimum Gasteiger partial charge on any atom is -0.372 e. The third-order valence-electron chi connectivity index (χ3n) is 6.12. The summed E-state index contributed by atoms with van der Waals surface area (Å²) in [5, 5.41) is 20.9. The van der Waals surface area contributed by atoms with E-state index in [0.29, 0.717) is 16.9 Å². The van der Waals surface area contributed by atoms with Crippen LogP contribution in [0.1, 0.15) is 24.8 Å². The number of pyridine rings is 1. The Kier molecular flexibility index (Phi) is 6.33. The predicted octanol–water partition coefficient (Wildman–Crippen LogP) is 6.76. The number of fused-ring (bicyclic) bond motifs is 1. The number of aromatic amines is 1. The van der Waals surface area contributed by atoms with Crippen molar-refractivity contribution in [2.45, 2.75) is 19.3 Å². The molecule has 0 atom stereocenters. The van der Waals surface area contributed by atoms with E-state index in [1.165, 1.54) is 36.3 Å². The van der Waals surface area contributed by atoms with Gasteiger partial charge in [-0.3, -0.25) is 10.1 Å². The summed E-state index contributed by atoms with van der Waals surface area (Å²) in [6.07, 6.45) is 5.54. The predicted molar refractivity (Wildman–Crippen MR) is 142 cm³/mol. The first-order valence-corrected chi connectivity index (χ1v) is 12.7. The van der Waals surface area contributed by atoms with E-state index in [2.05, 4.69) is 56.5 Å². The van der Waals surface area contributed by atoms with Crippen LogP contribution in [0.3, 0.4) is 0 Å². The Morgan fingerprint density at radius 2 is 1.82 bits per heavy atom. The maximum absolute atomic E-state index is 10.3. The van der Waals surface area contributed by atoms with Crippen LogP contribution in [0.2, 0.25) is 0 Å². The van der Waals surface area contributed by atoms with E-state index in [4.69, 9.17) is 4.98 Å². The van der Waals surface area contributed by atoms with E-state index in [1.807, 2.05) is 11.4 Å². The molecule has 0 unspecified atom stereocenters. The molecule has 6 nitrogen and oxygen atoms in total. The van der Waals surface area contributed by atoms with Gasteiger partial charge in [-0.15, -0.1) is 35.1 Å². The van der Waals surface area contributed by atoms with Gasteiger partial charge in [0.25, 0.3) is 0 Å². The fourth-order valence-corrected chi connectivity index (χ4v) is 5.90. The van der Waals surface area contributed by atoms with Crippen molar-refractivity contribution in [3.63, 3.8) is 0 Å². The topological polar surface area (TPSA) is 81.5 Å². The van der Waals surface area contributed by atoms with Gasteiger partial charge in [-0.25, -0.2) is 4.98 Å². The number of anilines is 1. The maximum Gasteiger partial charge on any atom is 0.182 e. The summed E-state index contributed by atoms with van der Waals surface area (Å²) < 4.78 is 0. The average Bonchev–Trinajstić information content (AvgIpc) is 3.65. The number of aromatic nitrogens is 4. The molecule has 5 heterocycles. The number of nitriles is 1. The Bertz CT molecular complexity index is 1440. The standard InChI is InChI=1S/C25H20N6S2.ClH/c26-13-18-21(16-6-8-17(9-7-16)31-10-2-1-3-11-31)22-24(19-5-4-12-32-19)29-30-25(22)28-23(18)20-14-27-15-33-20;/h4-9,12,14-15H,1-3,10-11H2,(H,28,29,30);1H. The molecular weight excluding hydrogens is 484 g/mol. The van der Waals surface area contributed by atoms with Gasteiger partial charge in [-0.05, 0) is 48.4 Å². The molecule has 1 fully saturated rings. The van der Waals surface area contributed by atoms with Crippen molar-refractivity contribution in [1.82, 2.24) is 20.2 Å². The molecule has 0 saturated carbocycles. The van der Waals surface area contributed by atoms with Crippen LogP contribution in [-0.2, 0) is 0 Å². The third kappa shape index (κ3) is 3.86. The lowest BCUT2D eigenvalue weighted by Gasteiger charge is -2.29. The molecule has 0 spiro atoms. The van der Waals surface area contributed by atoms with Crippen LogP contribution in [0.15, 0.2) is 53.5 Å². The van der Waals surface area contributed by atoms with Crippen molar-refractivity contribution in [2.75, 3.05) is 18.0 Å². The largest absolute Gasteiger partial charge is 0.372 e. The number of thiazole rings is 1. The van der Waals surface area contributed by atoms with E-state index in [-0.39, 0.29) is 12.4 Å². The van der Waals surface area contributed by atoms with Crippen LogP contribution in [0.4, 0.5) is 5.69 Å². The second-order valence-electron chi connectivity index (χ2n) is 8.06. The second-order valence-corrected chi connectivity index (χ2v) is 9.89. The number of nitrogens with zero attached hydrogens (tertiary/aromatic N) is 5. The highest BCUT2D eigenvalue weighted by Gasteiger charge is 2.24. The first-order chi connectivity index (χ1) is 16.3. The number of rotatable bonds is 4. The lowest BCUT2D eigenvalue weighted by Crippen LogP contribution is -2.29. The van der Waals surface area contributed by atoms with Gasteiger partial charge in [0.05, 0.1) is 31.9 Å². The van der Waals surface area contributed by atoms with Crippen molar-refractivity contribution in [1.29, 1.82) is 5.26 Å². The van der Waals surface area contributed by atoms with Gasteiger partial charge in [0, 0.05) is 30.5 Å². The Balaban J connectivity index is 0.00000241. The van der Waals surface area contributed by atoms with Gasteiger partial charge in [0.1, 0.15) is 11.8 Å². The van der Waals surface area contributed by atoms with Crippen LogP contribution < -0.4 is 4.90 Å². The lowest BCUT2D eigenvalue weighted by atomic mass is 9.94. The smallest absolute Gasteiger partial charge is 0.182 e. The van der Waals surface area contributed by atoms with Crippen molar-refractivity contribution >= 4 is 51.8 Å². The maximum atomic E-state index is 10.3. The number of hydrogen-bond acceptors (Lipinski definition) is 7. The molecule has 34 heavy (non-hydrogen) atoms. The number of piperidine rings is 1. The van der Waals surface area contributed by atoms with Gasteiger partial charge in [-0.2, -0.15) is 10.4 Å². The second kappa shape index (κ2) is 9.55. The lowest BCUT2D eigenvalue weighted by molar-refractivity contribution is 0.578. The Hall–Kier alpha value is -3.25. The monoisotopic (exact) mass is 504 g/mol. The number of halogens is 1. The number of benzene rings is 1.